The largest absolute Gasteiger partial charge is 0.325 e. The van der Waals surface area contributed by atoms with Crippen molar-refractivity contribution in [2.24, 2.45) is 0 Å². The monoisotopic (exact) mass is 221 g/mol. The molecule has 2 heterocycles. The third-order valence-corrected chi connectivity index (χ3v) is 2.37. The number of hydrogen-bond donors (Lipinski definition) is 0. The Labute approximate surface area is 92.9 Å². The highest BCUT2D eigenvalue weighted by atomic mass is 35.5. The van der Waals surface area contributed by atoms with Crippen LogP contribution < -0.4 is 4.57 Å². The van der Waals surface area contributed by atoms with E-state index in [0.29, 0.717) is 0 Å². The van der Waals surface area contributed by atoms with Gasteiger partial charge in [0.05, 0.1) is 0 Å². The van der Waals surface area contributed by atoms with Gasteiger partial charge in [0.25, 0.3) is 6.17 Å². The molecule has 0 bridgehead atoms. The number of halogens is 1. The smallest absolute Gasteiger partial charge is 0.255 e. The number of rotatable bonds is 1. The third-order valence-electron chi connectivity index (χ3n) is 2.17. The Morgan fingerprint density at radius 2 is 1.93 bits per heavy atom. The average molecular weight is 222 g/mol. The molecule has 0 aromatic carbocycles. The van der Waals surface area contributed by atoms with Gasteiger partial charge >= 0.3 is 5.37 Å². The number of carbonyl (C=O) groups is 1. The van der Waals surface area contributed by atoms with Crippen LogP contribution in [0.2, 0.25) is 0 Å². The van der Waals surface area contributed by atoms with Gasteiger partial charge in [-0.2, -0.15) is 4.57 Å². The van der Waals surface area contributed by atoms with Crippen LogP contribution in [-0.2, 0) is 0 Å². The molecule has 1 atom stereocenters. The normalized spacial score (nSPS) is 19.3. The van der Waals surface area contributed by atoms with Crippen molar-refractivity contribution in [3.63, 3.8) is 0 Å². The van der Waals surface area contributed by atoms with E-state index in [1.54, 1.807) is 12.3 Å². The molecule has 1 amide bonds. The molecular weight excluding hydrogens is 212 g/mol. The maximum Gasteiger partial charge on any atom is 0.325 e. The van der Waals surface area contributed by atoms with Gasteiger partial charge in [-0.1, -0.05) is 12.1 Å². The molecular formula is C11H10ClN2O+. The Kier molecular flexibility index (Phi) is 2.83. The fraction of sp³-hybridized carbons (Fsp3) is 0.0909. The summed E-state index contributed by atoms with van der Waals surface area (Å²) in [5.74, 6) is 0. The Hall–Kier alpha value is -1.61. The molecule has 0 saturated carbocycles. The second-order valence-electron chi connectivity index (χ2n) is 3.12. The van der Waals surface area contributed by atoms with Crippen molar-refractivity contribution < 1.29 is 9.36 Å². The minimum absolute atomic E-state index is 0.179. The molecule has 1 unspecified atom stereocenters. The molecule has 0 saturated heterocycles. The molecule has 0 radical (unpaired) electrons. The summed E-state index contributed by atoms with van der Waals surface area (Å²) in [5.41, 5.74) is 0. The van der Waals surface area contributed by atoms with Crippen LogP contribution in [0.15, 0.2) is 55.0 Å². The first-order valence-corrected chi connectivity index (χ1v) is 4.95. The molecule has 1 aromatic heterocycles. The first kappa shape index (κ1) is 9.93. The van der Waals surface area contributed by atoms with Crippen molar-refractivity contribution in [3.05, 3.63) is 55.0 Å². The number of amides is 1. The van der Waals surface area contributed by atoms with E-state index in [2.05, 4.69) is 0 Å². The summed E-state index contributed by atoms with van der Waals surface area (Å²) in [6.45, 7) is 0. The highest BCUT2D eigenvalue weighted by Crippen LogP contribution is 2.15. The van der Waals surface area contributed by atoms with Crippen molar-refractivity contribution in [2.75, 3.05) is 0 Å². The van der Waals surface area contributed by atoms with Crippen LogP contribution in [0.25, 0.3) is 0 Å². The van der Waals surface area contributed by atoms with Crippen LogP contribution in [0.1, 0.15) is 6.17 Å². The van der Waals surface area contributed by atoms with Gasteiger partial charge in [0.1, 0.15) is 0 Å². The molecule has 1 aliphatic rings. The second kappa shape index (κ2) is 4.28. The van der Waals surface area contributed by atoms with Crippen LogP contribution in [0.4, 0.5) is 4.79 Å². The van der Waals surface area contributed by atoms with Gasteiger partial charge in [0, 0.05) is 24.4 Å². The number of pyridine rings is 1. The zero-order valence-corrected chi connectivity index (χ0v) is 8.71. The van der Waals surface area contributed by atoms with E-state index in [0.717, 1.165) is 0 Å². The molecule has 4 heteroatoms. The van der Waals surface area contributed by atoms with E-state index in [-0.39, 0.29) is 6.17 Å². The number of aromatic nitrogens is 1. The topological polar surface area (TPSA) is 24.2 Å². The fourth-order valence-electron chi connectivity index (χ4n) is 1.48. The van der Waals surface area contributed by atoms with Crippen molar-refractivity contribution in [1.82, 2.24) is 4.90 Å². The van der Waals surface area contributed by atoms with Crippen LogP contribution in [0.5, 0.6) is 0 Å². The zero-order valence-electron chi connectivity index (χ0n) is 7.95. The van der Waals surface area contributed by atoms with Crippen molar-refractivity contribution in [3.8, 4) is 0 Å². The number of hydrogen-bond acceptors (Lipinski definition) is 1. The van der Waals surface area contributed by atoms with Crippen LogP contribution in [0.3, 0.4) is 0 Å². The SMILES string of the molecule is O=C(Cl)N1C=CC=CC1[n+]1ccccc1. The molecule has 3 nitrogen and oxygen atoms in total. The lowest BCUT2D eigenvalue weighted by Gasteiger charge is -2.21. The molecule has 1 aromatic rings. The number of allylic oxidation sites excluding steroid dienone is 2. The Morgan fingerprint density at radius 3 is 2.60 bits per heavy atom. The number of carbonyl (C=O) groups excluding carboxylic acids is 1. The minimum atomic E-state index is -0.489. The molecule has 1 aliphatic heterocycles. The Balaban J connectivity index is 2.32. The van der Waals surface area contributed by atoms with E-state index in [9.17, 15) is 4.79 Å². The highest BCUT2D eigenvalue weighted by Gasteiger charge is 2.26. The molecule has 76 valence electrons. The predicted octanol–water partition coefficient (Wildman–Crippen LogP) is 2.22. The minimum Gasteiger partial charge on any atom is -0.255 e. The maximum absolute atomic E-state index is 11.2. The third kappa shape index (κ3) is 2.07. The Bertz CT molecular complexity index is 414. The van der Waals surface area contributed by atoms with E-state index < -0.39 is 5.37 Å². The first-order valence-electron chi connectivity index (χ1n) is 4.57. The zero-order chi connectivity index (χ0) is 10.7. The van der Waals surface area contributed by atoms with Gasteiger partial charge in [0.15, 0.2) is 12.4 Å². The van der Waals surface area contributed by atoms with Gasteiger partial charge < -0.3 is 0 Å². The first-order chi connectivity index (χ1) is 7.29. The maximum atomic E-state index is 11.2. The van der Waals surface area contributed by atoms with E-state index in [1.807, 2.05) is 47.3 Å². The molecule has 0 aliphatic carbocycles. The lowest BCUT2D eigenvalue weighted by molar-refractivity contribution is -0.727. The lowest BCUT2D eigenvalue weighted by Crippen LogP contribution is -2.47. The average Bonchev–Trinajstić information content (AvgIpc) is 2.30. The van der Waals surface area contributed by atoms with E-state index in [1.165, 1.54) is 4.90 Å². The molecule has 15 heavy (non-hydrogen) atoms. The van der Waals surface area contributed by atoms with E-state index >= 15 is 0 Å². The number of nitrogens with zero attached hydrogens (tertiary/aromatic N) is 2. The summed E-state index contributed by atoms with van der Waals surface area (Å²) in [6, 6.07) is 5.73. The molecule has 0 N–H and O–H groups in total. The van der Waals surface area contributed by atoms with E-state index in [4.69, 9.17) is 11.6 Å². The van der Waals surface area contributed by atoms with Crippen LogP contribution in [-0.4, -0.2) is 10.3 Å². The summed E-state index contributed by atoms with van der Waals surface area (Å²) < 4.78 is 1.90. The molecule has 0 fully saturated rings. The van der Waals surface area contributed by atoms with Crippen molar-refractivity contribution in [2.45, 2.75) is 6.17 Å². The van der Waals surface area contributed by atoms with Gasteiger partial charge in [-0.25, -0.2) is 4.90 Å². The van der Waals surface area contributed by atoms with Crippen molar-refractivity contribution >= 4 is 17.0 Å². The predicted molar refractivity (Wildman–Crippen MR) is 57.0 cm³/mol. The van der Waals surface area contributed by atoms with Crippen LogP contribution in [0, 0.1) is 0 Å². The molecule has 2 rings (SSSR count). The second-order valence-corrected chi connectivity index (χ2v) is 3.45. The van der Waals surface area contributed by atoms with Gasteiger partial charge in [-0.05, 0) is 17.7 Å². The Morgan fingerprint density at radius 1 is 1.20 bits per heavy atom. The fourth-order valence-corrected chi connectivity index (χ4v) is 1.64. The summed E-state index contributed by atoms with van der Waals surface area (Å²) in [7, 11) is 0. The standard InChI is InChI=1S/C11H10ClN2O/c12-11(15)14-9-5-2-6-10(14)13-7-3-1-4-8-13/h1-10H/q+1. The van der Waals surface area contributed by atoms with Gasteiger partial charge in [-0.15, -0.1) is 0 Å². The summed E-state index contributed by atoms with van der Waals surface area (Å²) >= 11 is 5.49. The summed E-state index contributed by atoms with van der Waals surface area (Å²) in [5, 5.41) is -0.489. The summed E-state index contributed by atoms with van der Waals surface area (Å²) in [6.07, 6.45) is 10.8. The molecule has 0 spiro atoms. The van der Waals surface area contributed by atoms with Crippen LogP contribution >= 0.6 is 11.6 Å². The van der Waals surface area contributed by atoms with Gasteiger partial charge in [0.2, 0.25) is 0 Å². The van der Waals surface area contributed by atoms with Crippen molar-refractivity contribution in [1.29, 1.82) is 0 Å². The quantitative estimate of drug-likeness (QED) is 0.405. The van der Waals surface area contributed by atoms with Gasteiger partial charge in [-0.3, -0.25) is 4.79 Å². The highest BCUT2D eigenvalue weighted by molar-refractivity contribution is 6.63. The summed E-state index contributed by atoms with van der Waals surface area (Å²) in [4.78, 5) is 12.6. The lowest BCUT2D eigenvalue weighted by atomic mass is 10.3.